The lowest BCUT2D eigenvalue weighted by Gasteiger charge is -2.00. The summed E-state index contributed by atoms with van der Waals surface area (Å²) in [6.07, 6.45) is 4.25. The van der Waals surface area contributed by atoms with Crippen LogP contribution in [0.15, 0.2) is 17.5 Å². The molecule has 0 aliphatic carbocycles. The monoisotopic (exact) mass is 161 g/mol. The second kappa shape index (κ2) is 2.66. The molecule has 2 heterocycles. The second-order valence-corrected chi connectivity index (χ2v) is 3.29. The smallest absolute Gasteiger partial charge is 0.115 e. The lowest BCUT2D eigenvalue weighted by Crippen LogP contribution is -2.06. The van der Waals surface area contributed by atoms with Gasteiger partial charge in [0.05, 0.1) is 11.9 Å². The molecule has 3 heteroatoms. The Morgan fingerprint density at radius 1 is 1.42 bits per heavy atom. The van der Waals surface area contributed by atoms with E-state index in [0.717, 1.165) is 17.8 Å². The number of aromatic nitrogens is 2. The van der Waals surface area contributed by atoms with Gasteiger partial charge in [0, 0.05) is 12.1 Å². The molecule has 0 saturated heterocycles. The molecule has 0 spiro atoms. The summed E-state index contributed by atoms with van der Waals surface area (Å²) < 4.78 is 0. The van der Waals surface area contributed by atoms with E-state index in [1.165, 1.54) is 5.71 Å². The molecular formula is C9H11N3. The molecule has 0 unspecified atom stereocenters. The van der Waals surface area contributed by atoms with Crippen molar-refractivity contribution in [1.82, 2.24) is 9.97 Å². The molecule has 2 rings (SSSR count). The Balaban J connectivity index is 2.35. The average Bonchev–Trinajstić information content (AvgIpc) is 2.46. The van der Waals surface area contributed by atoms with Gasteiger partial charge in [-0.15, -0.1) is 0 Å². The zero-order valence-corrected chi connectivity index (χ0v) is 7.28. The fraction of sp³-hybridized carbons (Fsp3) is 0.444. The van der Waals surface area contributed by atoms with E-state index < -0.39 is 0 Å². The predicted molar refractivity (Wildman–Crippen MR) is 47.7 cm³/mol. The van der Waals surface area contributed by atoms with Crippen LogP contribution in [0.2, 0.25) is 0 Å². The van der Waals surface area contributed by atoms with Gasteiger partial charge in [0.2, 0.25) is 0 Å². The molecule has 0 fully saturated rings. The highest BCUT2D eigenvalue weighted by atomic mass is 14.9. The minimum Gasteiger partial charge on any atom is -0.254 e. The Kier molecular flexibility index (Phi) is 1.64. The molecule has 3 nitrogen and oxygen atoms in total. The quantitative estimate of drug-likeness (QED) is 0.629. The van der Waals surface area contributed by atoms with Crippen LogP contribution in [-0.4, -0.2) is 15.7 Å². The average molecular weight is 161 g/mol. The third-order valence-electron chi connectivity index (χ3n) is 2.05. The van der Waals surface area contributed by atoms with Crippen molar-refractivity contribution in [3.8, 4) is 0 Å². The fourth-order valence-electron chi connectivity index (χ4n) is 1.28. The SMILES string of the molecule is CC(C)C1=Nc2cncnc2C1. The van der Waals surface area contributed by atoms with E-state index in [2.05, 4.69) is 28.8 Å². The van der Waals surface area contributed by atoms with Crippen molar-refractivity contribution in [1.29, 1.82) is 0 Å². The first-order valence-electron chi connectivity index (χ1n) is 4.13. The van der Waals surface area contributed by atoms with Crippen LogP contribution in [0.1, 0.15) is 19.5 Å². The minimum absolute atomic E-state index is 0.513. The Labute approximate surface area is 71.6 Å². The van der Waals surface area contributed by atoms with Crippen LogP contribution in [0.4, 0.5) is 5.69 Å². The third-order valence-corrected chi connectivity index (χ3v) is 2.05. The maximum absolute atomic E-state index is 4.44. The second-order valence-electron chi connectivity index (χ2n) is 3.29. The number of nitrogens with zero attached hydrogens (tertiary/aromatic N) is 3. The summed E-state index contributed by atoms with van der Waals surface area (Å²) in [6, 6.07) is 0. The maximum Gasteiger partial charge on any atom is 0.115 e. The standard InChI is InChI=1S/C9H11N3/c1-6(2)7-3-8-9(12-7)4-10-5-11-8/h4-6H,3H2,1-2H3. The van der Waals surface area contributed by atoms with Crippen LogP contribution in [0.25, 0.3) is 0 Å². The number of fused-ring (bicyclic) bond motifs is 1. The highest BCUT2D eigenvalue weighted by Gasteiger charge is 2.17. The molecule has 62 valence electrons. The van der Waals surface area contributed by atoms with Gasteiger partial charge >= 0.3 is 0 Å². The van der Waals surface area contributed by atoms with E-state index >= 15 is 0 Å². The van der Waals surface area contributed by atoms with Crippen molar-refractivity contribution in [2.24, 2.45) is 10.9 Å². The van der Waals surface area contributed by atoms with E-state index in [4.69, 9.17) is 0 Å². The lowest BCUT2D eigenvalue weighted by atomic mass is 10.1. The number of aliphatic imine (C=N–C) groups is 1. The Morgan fingerprint density at radius 2 is 2.25 bits per heavy atom. The topological polar surface area (TPSA) is 38.1 Å². The molecule has 0 bridgehead atoms. The van der Waals surface area contributed by atoms with Gasteiger partial charge < -0.3 is 0 Å². The van der Waals surface area contributed by atoms with Gasteiger partial charge in [-0.25, -0.2) is 9.97 Å². The van der Waals surface area contributed by atoms with Gasteiger partial charge in [-0.05, 0) is 5.92 Å². The molecule has 0 aromatic carbocycles. The van der Waals surface area contributed by atoms with Gasteiger partial charge in [-0.3, -0.25) is 4.99 Å². The van der Waals surface area contributed by atoms with Crippen LogP contribution in [0, 0.1) is 5.92 Å². The van der Waals surface area contributed by atoms with Crippen molar-refractivity contribution in [2.75, 3.05) is 0 Å². The molecule has 1 aliphatic rings. The molecule has 1 aromatic heterocycles. The molecule has 0 N–H and O–H groups in total. The summed E-state index contributed by atoms with van der Waals surface area (Å²) in [7, 11) is 0. The Morgan fingerprint density at radius 3 is 2.92 bits per heavy atom. The van der Waals surface area contributed by atoms with Crippen molar-refractivity contribution in [2.45, 2.75) is 20.3 Å². The summed E-state index contributed by atoms with van der Waals surface area (Å²) in [5.41, 5.74) is 3.22. The molecule has 12 heavy (non-hydrogen) atoms. The first-order chi connectivity index (χ1) is 5.77. The van der Waals surface area contributed by atoms with Crippen LogP contribution in [0.3, 0.4) is 0 Å². The van der Waals surface area contributed by atoms with Crippen molar-refractivity contribution >= 4 is 11.4 Å². The van der Waals surface area contributed by atoms with Crippen molar-refractivity contribution < 1.29 is 0 Å². The van der Waals surface area contributed by atoms with Gasteiger partial charge in [0.1, 0.15) is 12.0 Å². The zero-order valence-electron chi connectivity index (χ0n) is 7.28. The molecule has 0 saturated carbocycles. The summed E-state index contributed by atoms with van der Waals surface area (Å²) in [5, 5.41) is 0. The Hall–Kier alpha value is -1.25. The predicted octanol–water partition coefficient (Wildman–Crippen LogP) is 1.76. The Bertz CT molecular complexity index is 328. The minimum atomic E-state index is 0.513. The van der Waals surface area contributed by atoms with Crippen LogP contribution in [0.5, 0.6) is 0 Å². The molecule has 0 amide bonds. The summed E-state index contributed by atoms with van der Waals surface area (Å²) in [4.78, 5) is 12.5. The van der Waals surface area contributed by atoms with Crippen LogP contribution in [-0.2, 0) is 6.42 Å². The normalized spacial score (nSPS) is 14.8. The van der Waals surface area contributed by atoms with Crippen molar-refractivity contribution in [3.63, 3.8) is 0 Å². The first-order valence-corrected chi connectivity index (χ1v) is 4.13. The molecular weight excluding hydrogens is 150 g/mol. The van der Waals surface area contributed by atoms with E-state index in [9.17, 15) is 0 Å². The summed E-state index contributed by atoms with van der Waals surface area (Å²) >= 11 is 0. The van der Waals surface area contributed by atoms with Crippen molar-refractivity contribution in [3.05, 3.63) is 18.2 Å². The van der Waals surface area contributed by atoms with Gasteiger partial charge in [0.25, 0.3) is 0 Å². The number of hydrogen-bond donors (Lipinski definition) is 0. The number of hydrogen-bond acceptors (Lipinski definition) is 3. The van der Waals surface area contributed by atoms with Crippen LogP contribution < -0.4 is 0 Å². The lowest BCUT2D eigenvalue weighted by molar-refractivity contribution is 0.868. The molecule has 1 aromatic rings. The summed E-state index contributed by atoms with van der Waals surface area (Å²) in [5.74, 6) is 0.513. The van der Waals surface area contributed by atoms with E-state index in [0.29, 0.717) is 5.92 Å². The van der Waals surface area contributed by atoms with E-state index in [-0.39, 0.29) is 0 Å². The van der Waals surface area contributed by atoms with E-state index in [1.807, 2.05) is 0 Å². The largest absolute Gasteiger partial charge is 0.254 e. The summed E-state index contributed by atoms with van der Waals surface area (Å²) in [6.45, 7) is 4.30. The third kappa shape index (κ3) is 1.11. The van der Waals surface area contributed by atoms with Gasteiger partial charge in [-0.2, -0.15) is 0 Å². The van der Waals surface area contributed by atoms with Gasteiger partial charge in [-0.1, -0.05) is 13.8 Å². The fourth-order valence-corrected chi connectivity index (χ4v) is 1.28. The molecule has 1 aliphatic heterocycles. The van der Waals surface area contributed by atoms with Crippen LogP contribution >= 0.6 is 0 Å². The van der Waals surface area contributed by atoms with E-state index in [1.54, 1.807) is 12.5 Å². The first kappa shape index (κ1) is 7.40. The molecule has 0 atom stereocenters. The maximum atomic E-state index is 4.44. The highest BCUT2D eigenvalue weighted by Crippen LogP contribution is 2.25. The number of rotatable bonds is 1. The molecule has 0 radical (unpaired) electrons. The zero-order chi connectivity index (χ0) is 8.55. The van der Waals surface area contributed by atoms with Gasteiger partial charge in [0.15, 0.2) is 0 Å². The highest BCUT2D eigenvalue weighted by molar-refractivity contribution is 5.94.